The maximum Gasteiger partial charge on any atom is 0.125 e. The maximum atomic E-state index is 9.03. The molecule has 4 heteroatoms. The summed E-state index contributed by atoms with van der Waals surface area (Å²) in [6.07, 6.45) is 3.46. The van der Waals surface area contributed by atoms with Crippen LogP contribution >= 0.6 is 11.6 Å². The molecule has 1 atom stereocenters. The lowest BCUT2D eigenvalue weighted by Gasteiger charge is -2.16. The van der Waals surface area contributed by atoms with E-state index in [0.29, 0.717) is 17.5 Å². The van der Waals surface area contributed by atoms with Crippen molar-refractivity contribution in [3.05, 3.63) is 29.6 Å². The van der Waals surface area contributed by atoms with Gasteiger partial charge in [0.1, 0.15) is 5.82 Å². The second-order valence-corrected chi connectivity index (χ2v) is 5.11. The van der Waals surface area contributed by atoms with E-state index in [1.165, 1.54) is 12.8 Å². The molecule has 0 bridgehead atoms. The number of alkyl halides is 1. The smallest absolute Gasteiger partial charge is 0.125 e. The Kier molecular flexibility index (Phi) is 4.44. The van der Waals surface area contributed by atoms with E-state index in [1.807, 2.05) is 12.1 Å². The number of unbranched alkanes of at least 4 members (excludes halogenated alkanes) is 1. The number of hydrogen-bond acceptors (Lipinski definition) is 2. The molecular weight excluding hydrogens is 258 g/mol. The Bertz CT molecular complexity index is 610. The van der Waals surface area contributed by atoms with Gasteiger partial charge in [0.05, 0.1) is 28.5 Å². The number of imidazole rings is 1. The van der Waals surface area contributed by atoms with Gasteiger partial charge in [-0.25, -0.2) is 4.98 Å². The van der Waals surface area contributed by atoms with Gasteiger partial charge in [-0.05, 0) is 31.5 Å². The summed E-state index contributed by atoms with van der Waals surface area (Å²) in [6, 6.07) is 8.14. The van der Waals surface area contributed by atoms with Crippen LogP contribution in [0.3, 0.4) is 0 Å². The Morgan fingerprint density at radius 2 is 2.26 bits per heavy atom. The van der Waals surface area contributed by atoms with Crippen LogP contribution in [0, 0.1) is 11.3 Å². The third-order valence-corrected chi connectivity index (χ3v) is 3.67. The van der Waals surface area contributed by atoms with Crippen molar-refractivity contribution in [3.63, 3.8) is 0 Å². The number of hydrogen-bond donors (Lipinski definition) is 0. The summed E-state index contributed by atoms with van der Waals surface area (Å²) < 4.78 is 2.18. The van der Waals surface area contributed by atoms with Gasteiger partial charge in [0.25, 0.3) is 0 Å². The number of nitrogens with zero attached hydrogens (tertiary/aromatic N) is 3. The van der Waals surface area contributed by atoms with Gasteiger partial charge >= 0.3 is 0 Å². The molecule has 0 saturated heterocycles. The first-order valence-corrected chi connectivity index (χ1v) is 7.21. The number of benzene rings is 1. The zero-order chi connectivity index (χ0) is 13.8. The molecule has 100 valence electrons. The minimum absolute atomic E-state index is 0.354. The molecule has 0 aliphatic heterocycles. The number of halogens is 1. The van der Waals surface area contributed by atoms with Gasteiger partial charge in [-0.3, -0.25) is 0 Å². The van der Waals surface area contributed by atoms with Crippen LogP contribution in [0.25, 0.3) is 11.0 Å². The van der Waals surface area contributed by atoms with E-state index < -0.39 is 0 Å². The fourth-order valence-corrected chi connectivity index (χ4v) is 2.62. The highest BCUT2D eigenvalue weighted by atomic mass is 35.5. The van der Waals surface area contributed by atoms with Gasteiger partial charge in [-0.15, -0.1) is 11.6 Å². The van der Waals surface area contributed by atoms with Crippen molar-refractivity contribution in [1.82, 2.24) is 9.55 Å². The van der Waals surface area contributed by atoms with Crippen molar-refractivity contribution in [1.29, 1.82) is 5.26 Å². The Labute approximate surface area is 118 Å². The molecule has 0 amide bonds. The average molecular weight is 276 g/mol. The zero-order valence-electron chi connectivity index (χ0n) is 11.4. The molecule has 0 N–H and O–H groups in total. The van der Waals surface area contributed by atoms with Gasteiger partial charge in [-0.1, -0.05) is 19.8 Å². The molecule has 2 rings (SSSR count). The quantitative estimate of drug-likeness (QED) is 0.759. The molecule has 19 heavy (non-hydrogen) atoms. The lowest BCUT2D eigenvalue weighted by Crippen LogP contribution is -2.08. The van der Waals surface area contributed by atoms with Crippen LogP contribution in [-0.2, 0) is 5.88 Å². The summed E-state index contributed by atoms with van der Waals surface area (Å²) in [5.74, 6) is 1.28. The molecule has 1 aromatic carbocycles. The number of rotatable bonds is 5. The van der Waals surface area contributed by atoms with Crippen molar-refractivity contribution in [2.24, 2.45) is 0 Å². The van der Waals surface area contributed by atoms with Gasteiger partial charge in [0.15, 0.2) is 0 Å². The molecule has 1 heterocycles. The van der Waals surface area contributed by atoms with E-state index in [4.69, 9.17) is 16.9 Å². The van der Waals surface area contributed by atoms with Gasteiger partial charge in [0, 0.05) is 6.04 Å². The van der Waals surface area contributed by atoms with Crippen LogP contribution in [-0.4, -0.2) is 9.55 Å². The lowest BCUT2D eigenvalue weighted by atomic mass is 10.1. The molecule has 0 aliphatic rings. The van der Waals surface area contributed by atoms with Crippen molar-refractivity contribution >= 4 is 22.6 Å². The van der Waals surface area contributed by atoms with Crippen LogP contribution < -0.4 is 0 Å². The third-order valence-electron chi connectivity index (χ3n) is 3.43. The molecule has 1 aromatic heterocycles. The minimum atomic E-state index is 0.354. The SMILES string of the molecule is CCCCC(C)n1c(CCl)nc2ccc(C#N)cc21. The number of nitriles is 1. The molecule has 0 fully saturated rings. The Balaban J connectivity index is 2.52. The summed E-state index contributed by atoms with van der Waals surface area (Å²) in [4.78, 5) is 4.56. The van der Waals surface area contributed by atoms with Crippen molar-refractivity contribution in [2.45, 2.75) is 45.0 Å². The normalized spacial score (nSPS) is 12.5. The second kappa shape index (κ2) is 6.08. The second-order valence-electron chi connectivity index (χ2n) is 4.84. The largest absolute Gasteiger partial charge is 0.324 e. The minimum Gasteiger partial charge on any atom is -0.324 e. The van der Waals surface area contributed by atoms with E-state index in [-0.39, 0.29) is 0 Å². The van der Waals surface area contributed by atoms with Gasteiger partial charge in [0.2, 0.25) is 0 Å². The summed E-state index contributed by atoms with van der Waals surface area (Å²) in [6.45, 7) is 4.38. The van der Waals surface area contributed by atoms with Crippen LogP contribution in [0.15, 0.2) is 18.2 Å². The Morgan fingerprint density at radius 3 is 2.89 bits per heavy atom. The highest BCUT2D eigenvalue weighted by Gasteiger charge is 2.15. The molecule has 0 saturated carbocycles. The molecule has 0 spiro atoms. The third kappa shape index (κ3) is 2.74. The highest BCUT2D eigenvalue weighted by Crippen LogP contribution is 2.26. The summed E-state index contributed by atoms with van der Waals surface area (Å²) in [5.41, 5.74) is 2.59. The van der Waals surface area contributed by atoms with Crippen molar-refractivity contribution < 1.29 is 0 Å². The molecule has 0 aliphatic carbocycles. The summed E-state index contributed by atoms with van der Waals surface area (Å²) in [7, 11) is 0. The van der Waals surface area contributed by atoms with E-state index >= 15 is 0 Å². The molecule has 2 aromatic rings. The predicted molar refractivity (Wildman–Crippen MR) is 78.2 cm³/mol. The van der Waals surface area contributed by atoms with E-state index in [2.05, 4.69) is 29.5 Å². The number of fused-ring (bicyclic) bond motifs is 1. The van der Waals surface area contributed by atoms with Gasteiger partial charge in [-0.2, -0.15) is 5.26 Å². The topological polar surface area (TPSA) is 41.6 Å². The fraction of sp³-hybridized carbons (Fsp3) is 0.467. The molecule has 0 radical (unpaired) electrons. The van der Waals surface area contributed by atoms with Crippen LogP contribution in [0.5, 0.6) is 0 Å². The van der Waals surface area contributed by atoms with Crippen LogP contribution in [0.2, 0.25) is 0 Å². The first-order chi connectivity index (χ1) is 9.21. The molecule has 3 nitrogen and oxygen atoms in total. The zero-order valence-corrected chi connectivity index (χ0v) is 12.1. The molecular formula is C15H18ClN3. The summed E-state index contributed by atoms with van der Waals surface area (Å²) in [5, 5.41) is 9.03. The molecule has 1 unspecified atom stereocenters. The van der Waals surface area contributed by atoms with Gasteiger partial charge < -0.3 is 4.57 Å². The van der Waals surface area contributed by atoms with E-state index in [1.54, 1.807) is 6.07 Å². The maximum absolute atomic E-state index is 9.03. The Hall–Kier alpha value is -1.53. The average Bonchev–Trinajstić information content (AvgIpc) is 2.82. The standard InChI is InChI=1S/C15H18ClN3/c1-3-4-5-11(2)19-14-8-12(10-17)6-7-13(14)18-15(19)9-16/h6-8,11H,3-5,9H2,1-2H3. The summed E-state index contributed by atoms with van der Waals surface area (Å²) >= 11 is 6.01. The van der Waals surface area contributed by atoms with E-state index in [0.717, 1.165) is 23.3 Å². The highest BCUT2D eigenvalue weighted by molar-refractivity contribution is 6.16. The number of aromatic nitrogens is 2. The lowest BCUT2D eigenvalue weighted by molar-refractivity contribution is 0.485. The van der Waals surface area contributed by atoms with Crippen LogP contribution in [0.1, 0.15) is 50.5 Å². The predicted octanol–water partition coefficient (Wildman–Crippen LogP) is 4.40. The van der Waals surface area contributed by atoms with E-state index in [9.17, 15) is 0 Å². The monoisotopic (exact) mass is 275 g/mol. The van der Waals surface area contributed by atoms with Crippen LogP contribution in [0.4, 0.5) is 0 Å². The van der Waals surface area contributed by atoms with Crippen molar-refractivity contribution in [3.8, 4) is 6.07 Å². The van der Waals surface area contributed by atoms with Crippen molar-refractivity contribution in [2.75, 3.05) is 0 Å². The Morgan fingerprint density at radius 1 is 1.47 bits per heavy atom. The first kappa shape index (κ1) is 13.9. The fourth-order valence-electron chi connectivity index (χ4n) is 2.43. The first-order valence-electron chi connectivity index (χ1n) is 6.68.